The summed E-state index contributed by atoms with van der Waals surface area (Å²) in [6.45, 7) is 0. The molecule has 0 fully saturated rings. The van der Waals surface area contributed by atoms with Crippen molar-refractivity contribution in [3.8, 4) is 0 Å². The van der Waals surface area contributed by atoms with E-state index in [1.165, 1.54) is 0 Å². The molecule has 0 unspecified atom stereocenters. The van der Waals surface area contributed by atoms with Crippen LogP contribution in [0.5, 0.6) is 0 Å². The molecule has 0 spiro atoms. The summed E-state index contributed by atoms with van der Waals surface area (Å²) in [6.07, 6.45) is 1.73. The monoisotopic (exact) mass is 228 g/mol. The van der Waals surface area contributed by atoms with E-state index in [0.29, 0.717) is 0 Å². The zero-order valence-corrected chi connectivity index (χ0v) is 7.70. The molecule has 0 saturated heterocycles. The van der Waals surface area contributed by atoms with Crippen LogP contribution in [-0.4, -0.2) is 43.7 Å². The SMILES string of the molecule is [As]c1ccnc([As])n1. The van der Waals surface area contributed by atoms with Crippen molar-refractivity contribution in [3.05, 3.63) is 12.3 Å². The van der Waals surface area contributed by atoms with Gasteiger partial charge in [0.05, 0.1) is 0 Å². The van der Waals surface area contributed by atoms with E-state index in [9.17, 15) is 0 Å². The number of nitrogens with zero attached hydrogens (tertiary/aromatic N) is 2. The van der Waals surface area contributed by atoms with E-state index in [1.807, 2.05) is 6.07 Å². The molecule has 0 bridgehead atoms. The van der Waals surface area contributed by atoms with Crippen LogP contribution in [0.25, 0.3) is 0 Å². The molecule has 0 atom stereocenters. The molecule has 38 valence electrons. The molecule has 0 saturated carbocycles. The first kappa shape index (κ1) is 6.32. The summed E-state index contributed by atoms with van der Waals surface area (Å²) in [5.41, 5.74) is 0. The molecule has 1 aromatic rings. The Labute approximate surface area is 65.1 Å². The van der Waals surface area contributed by atoms with Crippen molar-refractivity contribution in [2.75, 3.05) is 0 Å². The third-order valence-corrected chi connectivity index (χ3v) is 1.60. The van der Waals surface area contributed by atoms with Gasteiger partial charge in [-0.05, 0) is 0 Å². The van der Waals surface area contributed by atoms with Gasteiger partial charge in [-0.25, -0.2) is 0 Å². The standard InChI is InChI=1S/C4H2As2N2/c5-3-1-2-7-4(6)8-3/h1-2H. The average Bonchev–Trinajstić information content (AvgIpc) is 1.64. The fourth-order valence-corrected chi connectivity index (χ4v) is 1.42. The van der Waals surface area contributed by atoms with Gasteiger partial charge in [0.15, 0.2) is 0 Å². The Morgan fingerprint density at radius 2 is 2.12 bits per heavy atom. The van der Waals surface area contributed by atoms with Crippen molar-refractivity contribution < 1.29 is 0 Å². The predicted octanol–water partition coefficient (Wildman–Crippen LogP) is -1.94. The second-order valence-electron chi connectivity index (χ2n) is 1.21. The topological polar surface area (TPSA) is 25.8 Å². The summed E-state index contributed by atoms with van der Waals surface area (Å²) in [5.74, 6) is 0. The predicted molar refractivity (Wildman–Crippen MR) is 32.8 cm³/mol. The molecule has 1 rings (SSSR count). The van der Waals surface area contributed by atoms with Crippen LogP contribution in [0.15, 0.2) is 12.3 Å². The Morgan fingerprint density at radius 1 is 1.38 bits per heavy atom. The van der Waals surface area contributed by atoms with Crippen LogP contribution in [0.3, 0.4) is 0 Å². The fraction of sp³-hybridized carbons (Fsp3) is 0. The molecule has 2 nitrogen and oxygen atoms in total. The van der Waals surface area contributed by atoms with E-state index < -0.39 is 0 Å². The quantitative estimate of drug-likeness (QED) is 0.483. The van der Waals surface area contributed by atoms with E-state index in [4.69, 9.17) is 0 Å². The van der Waals surface area contributed by atoms with Crippen LogP contribution in [0.1, 0.15) is 0 Å². The number of aromatic nitrogens is 2. The first-order chi connectivity index (χ1) is 3.79. The molecule has 4 radical (unpaired) electrons. The molecule has 4 heteroatoms. The van der Waals surface area contributed by atoms with Crippen molar-refractivity contribution in [2.24, 2.45) is 0 Å². The Bertz CT molecular complexity index is 172. The van der Waals surface area contributed by atoms with Gasteiger partial charge in [0.1, 0.15) is 0 Å². The van der Waals surface area contributed by atoms with Gasteiger partial charge in [-0.15, -0.1) is 0 Å². The summed E-state index contributed by atoms with van der Waals surface area (Å²) in [5, 5.41) is 0. The summed E-state index contributed by atoms with van der Waals surface area (Å²) in [7, 11) is 0. The van der Waals surface area contributed by atoms with E-state index in [-0.39, 0.29) is 0 Å². The molecule has 1 aromatic heterocycles. The van der Waals surface area contributed by atoms with Gasteiger partial charge in [-0.1, -0.05) is 0 Å². The van der Waals surface area contributed by atoms with E-state index >= 15 is 0 Å². The Kier molecular flexibility index (Phi) is 2.10. The minimum absolute atomic E-state index is 0.760. The Balaban J connectivity index is 3.08. The molecule has 0 aliphatic rings. The van der Waals surface area contributed by atoms with E-state index in [1.54, 1.807) is 6.20 Å². The van der Waals surface area contributed by atoms with Gasteiger partial charge in [-0.3, -0.25) is 0 Å². The van der Waals surface area contributed by atoms with Gasteiger partial charge >= 0.3 is 65.0 Å². The average molecular weight is 228 g/mol. The summed E-state index contributed by atoms with van der Waals surface area (Å²) in [4.78, 5) is 7.90. The zero-order valence-electron chi connectivity index (χ0n) is 3.94. The molecule has 1 heterocycles. The van der Waals surface area contributed by atoms with Crippen molar-refractivity contribution in [3.63, 3.8) is 0 Å². The maximum absolute atomic E-state index is 4.01. The molecule has 0 amide bonds. The van der Waals surface area contributed by atoms with Crippen LogP contribution in [0, 0.1) is 0 Å². The zero-order chi connectivity index (χ0) is 5.98. The number of hydrogen-bond acceptors (Lipinski definition) is 2. The van der Waals surface area contributed by atoms with Crippen LogP contribution < -0.4 is 9.09 Å². The van der Waals surface area contributed by atoms with Gasteiger partial charge in [0.2, 0.25) is 0 Å². The fourth-order valence-electron chi connectivity index (χ4n) is 0.339. The van der Waals surface area contributed by atoms with Gasteiger partial charge in [-0.2, -0.15) is 0 Å². The molecule has 8 heavy (non-hydrogen) atoms. The summed E-state index contributed by atoms with van der Waals surface area (Å²) < 4.78 is 1.71. The summed E-state index contributed by atoms with van der Waals surface area (Å²) in [6, 6.07) is 1.84. The van der Waals surface area contributed by atoms with Crippen molar-refractivity contribution in [1.29, 1.82) is 0 Å². The van der Waals surface area contributed by atoms with Crippen LogP contribution in [-0.2, 0) is 0 Å². The molecule has 0 aliphatic carbocycles. The molecule has 0 aromatic carbocycles. The third kappa shape index (κ3) is 1.61. The molecular formula is C4H2As2N2. The van der Waals surface area contributed by atoms with Crippen molar-refractivity contribution in [2.45, 2.75) is 0 Å². The van der Waals surface area contributed by atoms with Crippen molar-refractivity contribution in [1.82, 2.24) is 9.97 Å². The van der Waals surface area contributed by atoms with Crippen LogP contribution >= 0.6 is 0 Å². The van der Waals surface area contributed by atoms with Gasteiger partial charge in [0.25, 0.3) is 0 Å². The normalized spacial score (nSPS) is 9.25. The number of rotatable bonds is 0. The molecule has 0 N–H and O–H groups in total. The second-order valence-corrected chi connectivity index (χ2v) is 3.02. The van der Waals surface area contributed by atoms with Crippen LogP contribution in [0.4, 0.5) is 0 Å². The van der Waals surface area contributed by atoms with E-state index in [2.05, 4.69) is 43.7 Å². The molecular weight excluding hydrogens is 226 g/mol. The van der Waals surface area contributed by atoms with Crippen molar-refractivity contribution >= 4 is 42.8 Å². The maximum atomic E-state index is 4.01. The third-order valence-electron chi connectivity index (χ3n) is 0.628. The first-order valence-electron chi connectivity index (χ1n) is 2.00. The minimum atomic E-state index is 0.760. The molecule has 0 aliphatic heterocycles. The van der Waals surface area contributed by atoms with Gasteiger partial charge in [0, 0.05) is 0 Å². The summed E-state index contributed by atoms with van der Waals surface area (Å²) >= 11 is 4.65. The second kappa shape index (κ2) is 2.66. The Morgan fingerprint density at radius 3 is 2.50 bits per heavy atom. The number of hydrogen-bond donors (Lipinski definition) is 0. The first-order valence-corrected chi connectivity index (χ1v) is 3.87. The van der Waals surface area contributed by atoms with E-state index in [0.717, 1.165) is 9.09 Å². The van der Waals surface area contributed by atoms with Gasteiger partial charge < -0.3 is 0 Å². The Hall–Kier alpha value is 0.197. The van der Waals surface area contributed by atoms with Crippen LogP contribution in [0.2, 0.25) is 0 Å².